The van der Waals surface area contributed by atoms with Gasteiger partial charge in [0.05, 0.1) is 0 Å². The molecular formula is C17H23FN2O. The lowest BCUT2D eigenvalue weighted by Crippen LogP contribution is -2.58. The van der Waals surface area contributed by atoms with E-state index in [4.69, 9.17) is 0 Å². The normalized spacial score (nSPS) is 26.8. The molecule has 0 aromatic heterocycles. The molecule has 1 atom stereocenters. The van der Waals surface area contributed by atoms with Crippen LogP contribution in [0.15, 0.2) is 18.2 Å². The van der Waals surface area contributed by atoms with Gasteiger partial charge in [-0.25, -0.2) is 4.39 Å². The van der Waals surface area contributed by atoms with Crippen molar-refractivity contribution in [3.05, 3.63) is 35.1 Å². The summed E-state index contributed by atoms with van der Waals surface area (Å²) >= 11 is 0. The Kier molecular flexibility index (Phi) is 3.74. The van der Waals surface area contributed by atoms with Crippen molar-refractivity contribution >= 4 is 5.91 Å². The van der Waals surface area contributed by atoms with Crippen molar-refractivity contribution in [1.29, 1.82) is 0 Å². The fourth-order valence-corrected chi connectivity index (χ4v) is 3.90. The molecule has 2 heterocycles. The Labute approximate surface area is 125 Å². The summed E-state index contributed by atoms with van der Waals surface area (Å²) in [4.78, 5) is 16.9. The summed E-state index contributed by atoms with van der Waals surface area (Å²) in [7, 11) is 1.91. The molecule has 3 rings (SSSR count). The molecule has 0 radical (unpaired) electrons. The van der Waals surface area contributed by atoms with E-state index in [0.29, 0.717) is 0 Å². The summed E-state index contributed by atoms with van der Waals surface area (Å²) in [5.74, 6) is 0.0758. The van der Waals surface area contributed by atoms with Crippen molar-refractivity contribution in [3.8, 4) is 0 Å². The molecule has 1 spiro atoms. The Morgan fingerprint density at radius 1 is 1.24 bits per heavy atom. The number of likely N-dealkylation sites (N-methyl/N-ethyl adjacent to an activating group) is 1. The molecule has 4 heteroatoms. The molecule has 2 aliphatic heterocycles. The molecule has 0 N–H and O–H groups in total. The van der Waals surface area contributed by atoms with Crippen LogP contribution in [0.25, 0.3) is 0 Å². The third kappa shape index (κ3) is 2.46. The minimum absolute atomic E-state index is 0.194. The van der Waals surface area contributed by atoms with Crippen LogP contribution in [-0.4, -0.2) is 41.4 Å². The molecule has 1 aromatic carbocycles. The van der Waals surface area contributed by atoms with Crippen LogP contribution in [0.2, 0.25) is 0 Å². The third-order valence-electron chi connectivity index (χ3n) is 5.12. The van der Waals surface area contributed by atoms with Crippen LogP contribution < -0.4 is 0 Å². The second-order valence-corrected chi connectivity index (χ2v) is 6.46. The number of amides is 1. The van der Waals surface area contributed by atoms with Crippen molar-refractivity contribution in [3.63, 3.8) is 0 Å². The van der Waals surface area contributed by atoms with Gasteiger partial charge < -0.3 is 4.90 Å². The zero-order valence-corrected chi connectivity index (χ0v) is 12.9. The molecule has 0 aliphatic carbocycles. The second-order valence-electron chi connectivity index (χ2n) is 6.46. The van der Waals surface area contributed by atoms with Gasteiger partial charge in [0.2, 0.25) is 5.91 Å². The minimum atomic E-state index is -0.312. The number of benzene rings is 1. The van der Waals surface area contributed by atoms with Crippen molar-refractivity contribution in [2.75, 3.05) is 20.1 Å². The maximum atomic E-state index is 13.2. The van der Waals surface area contributed by atoms with Crippen LogP contribution in [0.4, 0.5) is 4.39 Å². The molecular weight excluding hydrogens is 267 g/mol. The predicted molar refractivity (Wildman–Crippen MR) is 80.4 cm³/mol. The smallest absolute Gasteiger partial charge is 0.242 e. The first kappa shape index (κ1) is 14.5. The average Bonchev–Trinajstić information content (AvgIpc) is 2.83. The van der Waals surface area contributed by atoms with Gasteiger partial charge in [-0.3, -0.25) is 9.69 Å². The second kappa shape index (κ2) is 5.41. The van der Waals surface area contributed by atoms with Gasteiger partial charge in [0, 0.05) is 20.1 Å². The largest absolute Gasteiger partial charge is 0.344 e. The van der Waals surface area contributed by atoms with Crippen LogP contribution >= 0.6 is 0 Å². The van der Waals surface area contributed by atoms with E-state index in [1.54, 1.807) is 6.07 Å². The van der Waals surface area contributed by atoms with E-state index in [0.717, 1.165) is 56.4 Å². The SMILES string of the molecule is Cc1cc(F)ccc1CN1CCCC12CCCN(C)C2=O. The highest BCUT2D eigenvalue weighted by molar-refractivity contribution is 5.87. The summed E-state index contributed by atoms with van der Waals surface area (Å²) in [5.41, 5.74) is 1.78. The van der Waals surface area contributed by atoms with E-state index in [2.05, 4.69) is 4.90 Å². The molecule has 1 amide bonds. The van der Waals surface area contributed by atoms with Gasteiger partial charge in [-0.15, -0.1) is 0 Å². The van der Waals surface area contributed by atoms with Gasteiger partial charge in [-0.2, -0.15) is 0 Å². The molecule has 1 aromatic rings. The fraction of sp³-hybridized carbons (Fsp3) is 0.588. The zero-order valence-electron chi connectivity index (χ0n) is 12.9. The topological polar surface area (TPSA) is 23.6 Å². The molecule has 0 bridgehead atoms. The van der Waals surface area contributed by atoms with Crippen LogP contribution in [0.3, 0.4) is 0 Å². The van der Waals surface area contributed by atoms with Crippen molar-refractivity contribution in [2.24, 2.45) is 0 Å². The van der Waals surface area contributed by atoms with Crippen LogP contribution in [-0.2, 0) is 11.3 Å². The van der Waals surface area contributed by atoms with Crippen molar-refractivity contribution in [1.82, 2.24) is 9.80 Å². The van der Waals surface area contributed by atoms with E-state index < -0.39 is 0 Å². The number of hydrogen-bond donors (Lipinski definition) is 0. The molecule has 21 heavy (non-hydrogen) atoms. The maximum Gasteiger partial charge on any atom is 0.242 e. The lowest BCUT2D eigenvalue weighted by molar-refractivity contribution is -0.146. The first-order valence-corrected chi connectivity index (χ1v) is 7.78. The van der Waals surface area contributed by atoms with E-state index in [1.165, 1.54) is 6.07 Å². The Morgan fingerprint density at radius 3 is 2.67 bits per heavy atom. The Balaban J connectivity index is 1.85. The van der Waals surface area contributed by atoms with Gasteiger partial charge in [0.25, 0.3) is 0 Å². The number of halogens is 1. The number of carbonyl (C=O) groups is 1. The van der Waals surface area contributed by atoms with Crippen LogP contribution in [0.1, 0.15) is 36.8 Å². The molecule has 3 nitrogen and oxygen atoms in total. The first-order chi connectivity index (χ1) is 10.0. The number of likely N-dealkylation sites (tertiary alicyclic amines) is 2. The highest BCUT2D eigenvalue weighted by Gasteiger charge is 2.49. The minimum Gasteiger partial charge on any atom is -0.344 e. The quantitative estimate of drug-likeness (QED) is 0.836. The number of rotatable bonds is 2. The number of nitrogens with zero attached hydrogens (tertiary/aromatic N) is 2. The van der Waals surface area contributed by atoms with Crippen molar-refractivity contribution < 1.29 is 9.18 Å². The molecule has 2 saturated heterocycles. The van der Waals surface area contributed by atoms with E-state index in [9.17, 15) is 9.18 Å². The van der Waals surface area contributed by atoms with Gasteiger partial charge in [-0.05, 0) is 62.4 Å². The van der Waals surface area contributed by atoms with Gasteiger partial charge in [0.1, 0.15) is 11.4 Å². The average molecular weight is 290 g/mol. The highest BCUT2D eigenvalue weighted by atomic mass is 19.1. The van der Waals surface area contributed by atoms with Gasteiger partial charge >= 0.3 is 0 Å². The molecule has 114 valence electrons. The van der Waals surface area contributed by atoms with Crippen LogP contribution in [0, 0.1) is 12.7 Å². The lowest BCUT2D eigenvalue weighted by atomic mass is 9.85. The third-order valence-corrected chi connectivity index (χ3v) is 5.12. The molecule has 2 fully saturated rings. The number of piperidine rings is 1. The standard InChI is InChI=1S/C17H23FN2O/c1-13-11-15(18)6-5-14(13)12-20-10-4-8-17(20)7-3-9-19(2)16(17)21/h5-6,11H,3-4,7-10,12H2,1-2H3. The molecule has 1 unspecified atom stereocenters. The van der Waals surface area contributed by atoms with E-state index in [-0.39, 0.29) is 17.3 Å². The summed E-state index contributed by atoms with van der Waals surface area (Å²) < 4.78 is 13.2. The van der Waals surface area contributed by atoms with E-state index >= 15 is 0 Å². The zero-order chi connectivity index (χ0) is 15.0. The fourth-order valence-electron chi connectivity index (χ4n) is 3.90. The highest BCUT2D eigenvalue weighted by Crippen LogP contribution is 2.39. The monoisotopic (exact) mass is 290 g/mol. The number of carbonyl (C=O) groups excluding carboxylic acids is 1. The predicted octanol–water partition coefficient (Wildman–Crippen LogP) is 2.72. The Morgan fingerprint density at radius 2 is 1.95 bits per heavy atom. The Hall–Kier alpha value is -1.42. The first-order valence-electron chi connectivity index (χ1n) is 7.78. The summed E-state index contributed by atoms with van der Waals surface area (Å²) in [6.45, 7) is 4.50. The van der Waals surface area contributed by atoms with E-state index in [1.807, 2.05) is 24.9 Å². The Bertz CT molecular complexity index is 560. The molecule has 2 aliphatic rings. The maximum absolute atomic E-state index is 13.2. The van der Waals surface area contributed by atoms with Gasteiger partial charge in [0.15, 0.2) is 0 Å². The lowest BCUT2D eigenvalue weighted by Gasteiger charge is -2.43. The van der Waals surface area contributed by atoms with Gasteiger partial charge in [-0.1, -0.05) is 6.07 Å². The summed E-state index contributed by atoms with van der Waals surface area (Å²) in [5, 5.41) is 0. The number of aryl methyl sites for hydroxylation is 1. The van der Waals surface area contributed by atoms with Crippen molar-refractivity contribution in [2.45, 2.75) is 44.7 Å². The van der Waals surface area contributed by atoms with Crippen LogP contribution in [0.5, 0.6) is 0 Å². The number of hydrogen-bond acceptors (Lipinski definition) is 2. The summed E-state index contributed by atoms with van der Waals surface area (Å²) in [6, 6.07) is 4.94. The summed E-state index contributed by atoms with van der Waals surface area (Å²) in [6.07, 6.45) is 4.05. The molecule has 0 saturated carbocycles.